The van der Waals surface area contributed by atoms with Crippen LogP contribution >= 0.6 is 15.9 Å². The number of fused-ring (bicyclic) bond motifs is 1. The maximum atomic E-state index is 12.8. The zero-order valence-corrected chi connectivity index (χ0v) is 15.6. The van der Waals surface area contributed by atoms with Gasteiger partial charge in [0.05, 0.1) is 11.4 Å². The van der Waals surface area contributed by atoms with Crippen molar-refractivity contribution in [1.29, 1.82) is 0 Å². The number of para-hydroxylation sites is 1. The molecule has 4 amide bonds. The second kappa shape index (κ2) is 6.72. The summed E-state index contributed by atoms with van der Waals surface area (Å²) in [5, 5.41) is 5.13. The Morgan fingerprint density at radius 3 is 2.42 bits per heavy atom. The smallest absolute Gasteiger partial charge is 0.340 e. The standard InChI is InChI=1S/C18H15BrN4O3/c1-10-8-13-15(9-14(10)19)22(11(2)24)17(25)16(13)21-23(18(20)26)12-6-4-3-5-7-12/h3-9H,1-2H3,(H2,20,26)/b21-16+. The number of urea groups is 1. The zero-order valence-electron chi connectivity index (χ0n) is 14.1. The minimum atomic E-state index is -0.840. The van der Waals surface area contributed by atoms with Gasteiger partial charge in [-0.15, -0.1) is 0 Å². The predicted octanol–water partition coefficient (Wildman–Crippen LogP) is 2.94. The number of carbonyl (C=O) groups excluding carboxylic acids is 3. The number of rotatable bonds is 2. The van der Waals surface area contributed by atoms with Crippen LogP contribution in [0.4, 0.5) is 16.2 Å². The molecule has 0 unspecified atom stereocenters. The van der Waals surface area contributed by atoms with Crippen LogP contribution in [0.25, 0.3) is 0 Å². The molecule has 0 spiro atoms. The lowest BCUT2D eigenvalue weighted by atomic mass is 10.1. The summed E-state index contributed by atoms with van der Waals surface area (Å²) in [5.74, 6) is -1.05. The number of primary amides is 1. The lowest BCUT2D eigenvalue weighted by Crippen LogP contribution is -2.37. The van der Waals surface area contributed by atoms with Crippen molar-refractivity contribution < 1.29 is 14.4 Å². The Labute approximate surface area is 158 Å². The number of imide groups is 1. The summed E-state index contributed by atoms with van der Waals surface area (Å²) in [6.45, 7) is 3.15. The van der Waals surface area contributed by atoms with Crippen molar-refractivity contribution in [2.45, 2.75) is 13.8 Å². The highest BCUT2D eigenvalue weighted by molar-refractivity contribution is 9.10. The number of aryl methyl sites for hydroxylation is 1. The van der Waals surface area contributed by atoms with Crippen LogP contribution in [0.5, 0.6) is 0 Å². The summed E-state index contributed by atoms with van der Waals surface area (Å²) in [6, 6.07) is 11.1. The van der Waals surface area contributed by atoms with Crippen molar-refractivity contribution in [3.8, 4) is 0 Å². The summed E-state index contributed by atoms with van der Waals surface area (Å²) in [4.78, 5) is 37.7. The minimum Gasteiger partial charge on any atom is -0.350 e. The monoisotopic (exact) mass is 414 g/mol. The zero-order chi connectivity index (χ0) is 19.0. The molecule has 0 atom stereocenters. The molecular formula is C18H15BrN4O3. The van der Waals surface area contributed by atoms with Crippen LogP contribution in [-0.2, 0) is 9.59 Å². The molecule has 0 fully saturated rings. The van der Waals surface area contributed by atoms with Crippen LogP contribution in [0.1, 0.15) is 18.1 Å². The average molecular weight is 415 g/mol. The van der Waals surface area contributed by atoms with E-state index in [9.17, 15) is 14.4 Å². The molecule has 8 heteroatoms. The van der Waals surface area contributed by atoms with Gasteiger partial charge in [0.15, 0.2) is 5.71 Å². The van der Waals surface area contributed by atoms with Gasteiger partial charge in [0.1, 0.15) is 0 Å². The van der Waals surface area contributed by atoms with Gasteiger partial charge in [-0.3, -0.25) is 9.59 Å². The molecule has 1 aliphatic rings. The molecule has 1 heterocycles. The topological polar surface area (TPSA) is 96.1 Å². The van der Waals surface area contributed by atoms with E-state index in [1.807, 2.05) is 6.92 Å². The molecule has 2 aromatic carbocycles. The van der Waals surface area contributed by atoms with Gasteiger partial charge < -0.3 is 5.73 Å². The van der Waals surface area contributed by atoms with Crippen molar-refractivity contribution in [1.82, 2.24) is 0 Å². The normalized spacial score (nSPS) is 14.5. The molecule has 2 N–H and O–H groups in total. The Morgan fingerprint density at radius 1 is 1.19 bits per heavy atom. The van der Waals surface area contributed by atoms with E-state index in [0.29, 0.717) is 16.9 Å². The third-order valence-corrected chi connectivity index (χ3v) is 4.76. The molecule has 7 nitrogen and oxygen atoms in total. The number of nitrogens with two attached hydrogens (primary N) is 1. The summed E-state index contributed by atoms with van der Waals surface area (Å²) in [5.41, 5.74) is 7.58. The highest BCUT2D eigenvalue weighted by Crippen LogP contribution is 2.35. The van der Waals surface area contributed by atoms with Crippen LogP contribution < -0.4 is 15.6 Å². The molecule has 3 rings (SSSR count). The Hall–Kier alpha value is -3.00. The van der Waals surface area contributed by atoms with E-state index in [1.165, 1.54) is 6.92 Å². The first kappa shape index (κ1) is 17.8. The molecule has 0 saturated carbocycles. The second-order valence-corrected chi connectivity index (χ2v) is 6.57. The second-order valence-electron chi connectivity index (χ2n) is 5.71. The molecule has 1 aliphatic heterocycles. The molecule has 26 heavy (non-hydrogen) atoms. The number of amides is 4. The fourth-order valence-electron chi connectivity index (χ4n) is 2.69. The number of nitrogens with zero attached hydrogens (tertiary/aromatic N) is 3. The van der Waals surface area contributed by atoms with E-state index in [0.717, 1.165) is 19.9 Å². The number of benzene rings is 2. The number of carbonyl (C=O) groups is 3. The molecule has 2 aromatic rings. The van der Waals surface area contributed by atoms with Gasteiger partial charge in [0.25, 0.3) is 5.91 Å². The van der Waals surface area contributed by atoms with Crippen molar-refractivity contribution in [3.05, 3.63) is 58.1 Å². The van der Waals surface area contributed by atoms with Crippen molar-refractivity contribution >= 4 is 50.9 Å². The van der Waals surface area contributed by atoms with Crippen LogP contribution in [0.15, 0.2) is 52.0 Å². The van der Waals surface area contributed by atoms with Crippen LogP contribution in [-0.4, -0.2) is 23.6 Å². The lowest BCUT2D eigenvalue weighted by Gasteiger charge is -2.15. The van der Waals surface area contributed by atoms with E-state index in [4.69, 9.17) is 5.73 Å². The lowest BCUT2D eigenvalue weighted by molar-refractivity contribution is -0.121. The predicted molar refractivity (Wildman–Crippen MR) is 102 cm³/mol. The molecular weight excluding hydrogens is 400 g/mol. The van der Waals surface area contributed by atoms with E-state index >= 15 is 0 Å². The molecule has 0 radical (unpaired) electrons. The first-order chi connectivity index (χ1) is 12.3. The highest BCUT2D eigenvalue weighted by Gasteiger charge is 2.38. The molecule has 0 saturated heterocycles. The van der Waals surface area contributed by atoms with Gasteiger partial charge in [-0.05, 0) is 36.8 Å². The van der Waals surface area contributed by atoms with Crippen molar-refractivity contribution in [2.24, 2.45) is 10.8 Å². The van der Waals surface area contributed by atoms with Crippen molar-refractivity contribution in [3.63, 3.8) is 0 Å². The number of halogens is 1. The quantitative estimate of drug-likeness (QED) is 0.764. The van der Waals surface area contributed by atoms with E-state index < -0.39 is 17.8 Å². The third-order valence-electron chi connectivity index (χ3n) is 3.90. The first-order valence-electron chi connectivity index (χ1n) is 7.70. The molecule has 0 aromatic heterocycles. The fourth-order valence-corrected chi connectivity index (χ4v) is 3.02. The van der Waals surface area contributed by atoms with Gasteiger partial charge in [-0.25, -0.2) is 9.69 Å². The average Bonchev–Trinajstić information content (AvgIpc) is 2.84. The maximum absolute atomic E-state index is 12.8. The summed E-state index contributed by atoms with van der Waals surface area (Å²) >= 11 is 3.40. The highest BCUT2D eigenvalue weighted by atomic mass is 79.9. The minimum absolute atomic E-state index is 0.0200. The van der Waals surface area contributed by atoms with E-state index in [2.05, 4.69) is 21.0 Å². The summed E-state index contributed by atoms with van der Waals surface area (Å²) in [6.07, 6.45) is 0. The number of hydrogen-bond acceptors (Lipinski definition) is 4. The Kier molecular flexibility index (Phi) is 4.60. The Balaban J connectivity index is 2.20. The van der Waals surface area contributed by atoms with E-state index in [-0.39, 0.29) is 5.71 Å². The van der Waals surface area contributed by atoms with Crippen LogP contribution in [0.3, 0.4) is 0 Å². The van der Waals surface area contributed by atoms with Gasteiger partial charge in [0, 0.05) is 17.0 Å². The summed E-state index contributed by atoms with van der Waals surface area (Å²) < 4.78 is 0.756. The molecule has 0 aliphatic carbocycles. The fraction of sp³-hybridized carbons (Fsp3) is 0.111. The van der Waals surface area contributed by atoms with Gasteiger partial charge in [-0.1, -0.05) is 34.1 Å². The SMILES string of the molecule is CC(=O)N1C(=O)/C(=N/N(C(N)=O)c2ccccc2)c2cc(C)c(Br)cc21. The Morgan fingerprint density at radius 2 is 1.85 bits per heavy atom. The van der Waals surface area contributed by atoms with Gasteiger partial charge >= 0.3 is 6.03 Å². The molecule has 0 bridgehead atoms. The van der Waals surface area contributed by atoms with Crippen LogP contribution in [0.2, 0.25) is 0 Å². The first-order valence-corrected chi connectivity index (χ1v) is 8.49. The maximum Gasteiger partial charge on any atom is 0.340 e. The third kappa shape index (κ3) is 2.99. The number of hydrazone groups is 1. The summed E-state index contributed by atoms with van der Waals surface area (Å²) in [7, 11) is 0. The Bertz CT molecular complexity index is 956. The largest absolute Gasteiger partial charge is 0.350 e. The van der Waals surface area contributed by atoms with Gasteiger partial charge in [-0.2, -0.15) is 10.1 Å². The molecule has 132 valence electrons. The number of anilines is 2. The number of hydrogen-bond donors (Lipinski definition) is 1. The van der Waals surface area contributed by atoms with Gasteiger partial charge in [0.2, 0.25) is 5.91 Å². The van der Waals surface area contributed by atoms with Crippen molar-refractivity contribution in [2.75, 3.05) is 9.91 Å². The van der Waals surface area contributed by atoms with Crippen LogP contribution in [0, 0.1) is 6.92 Å². The van der Waals surface area contributed by atoms with E-state index in [1.54, 1.807) is 42.5 Å².